The van der Waals surface area contributed by atoms with Gasteiger partial charge in [-0.05, 0) is 25.5 Å². The molecule has 5 nitrogen and oxygen atoms in total. The molecule has 0 saturated heterocycles. The molecule has 0 unspecified atom stereocenters. The summed E-state index contributed by atoms with van der Waals surface area (Å²) in [4.78, 5) is 12.1. The maximum Gasteiger partial charge on any atom is 0.340 e. The summed E-state index contributed by atoms with van der Waals surface area (Å²) in [5.74, 6) is -0.467. The van der Waals surface area contributed by atoms with Crippen LogP contribution in [0.2, 0.25) is 5.02 Å². The third kappa shape index (κ3) is 3.19. The Morgan fingerprint density at radius 3 is 2.71 bits per heavy atom. The van der Waals surface area contributed by atoms with E-state index in [2.05, 4.69) is 5.10 Å². The molecule has 1 aromatic heterocycles. The van der Waals surface area contributed by atoms with Crippen molar-refractivity contribution < 1.29 is 9.53 Å². The number of hydrogen-bond donors (Lipinski definition) is 1. The van der Waals surface area contributed by atoms with Crippen molar-refractivity contribution in [1.29, 1.82) is 0 Å². The first-order valence-corrected chi connectivity index (χ1v) is 7.21. The SMILES string of the molecule is CCc1nn(CC)c(COC(=O)c2ccccc2N)c1Cl. The number of carbonyl (C=O) groups is 1. The summed E-state index contributed by atoms with van der Waals surface area (Å²) in [6.07, 6.45) is 0.735. The van der Waals surface area contributed by atoms with E-state index in [-0.39, 0.29) is 6.61 Å². The Balaban J connectivity index is 2.15. The third-order valence-corrected chi connectivity index (χ3v) is 3.65. The number of nitrogen functional groups attached to an aromatic ring is 1. The number of esters is 1. The number of rotatable bonds is 5. The van der Waals surface area contributed by atoms with Gasteiger partial charge in [0.15, 0.2) is 0 Å². The van der Waals surface area contributed by atoms with E-state index >= 15 is 0 Å². The van der Waals surface area contributed by atoms with Gasteiger partial charge in [0.1, 0.15) is 6.61 Å². The van der Waals surface area contributed by atoms with Crippen molar-refractivity contribution in [3.63, 3.8) is 0 Å². The largest absolute Gasteiger partial charge is 0.455 e. The number of hydrogen-bond acceptors (Lipinski definition) is 4. The molecule has 0 bridgehead atoms. The van der Waals surface area contributed by atoms with Crippen molar-refractivity contribution >= 4 is 23.3 Å². The smallest absolute Gasteiger partial charge is 0.340 e. The molecule has 2 rings (SSSR count). The first kappa shape index (κ1) is 15.4. The fraction of sp³-hybridized carbons (Fsp3) is 0.333. The Kier molecular flexibility index (Phi) is 4.85. The Morgan fingerprint density at radius 1 is 1.38 bits per heavy atom. The van der Waals surface area contributed by atoms with Gasteiger partial charge in [0.2, 0.25) is 0 Å². The summed E-state index contributed by atoms with van der Waals surface area (Å²) >= 11 is 6.27. The van der Waals surface area contributed by atoms with Crippen molar-refractivity contribution in [1.82, 2.24) is 9.78 Å². The number of aromatic nitrogens is 2. The second-order valence-electron chi connectivity index (χ2n) is 4.54. The van der Waals surface area contributed by atoms with Crippen LogP contribution in [0.5, 0.6) is 0 Å². The first-order valence-electron chi connectivity index (χ1n) is 6.84. The van der Waals surface area contributed by atoms with Gasteiger partial charge in [-0.2, -0.15) is 5.10 Å². The lowest BCUT2D eigenvalue weighted by atomic mass is 10.2. The second kappa shape index (κ2) is 6.63. The van der Waals surface area contributed by atoms with E-state index in [9.17, 15) is 4.79 Å². The topological polar surface area (TPSA) is 70.1 Å². The van der Waals surface area contributed by atoms with Gasteiger partial charge in [-0.15, -0.1) is 0 Å². The van der Waals surface area contributed by atoms with Crippen LogP contribution >= 0.6 is 11.6 Å². The van der Waals surface area contributed by atoms with Crippen LogP contribution in [-0.2, 0) is 24.3 Å². The van der Waals surface area contributed by atoms with E-state index in [0.717, 1.165) is 12.1 Å². The van der Waals surface area contributed by atoms with Crippen LogP contribution in [0.15, 0.2) is 24.3 Å². The number of aryl methyl sites for hydroxylation is 2. The molecular weight excluding hydrogens is 290 g/mol. The highest BCUT2D eigenvalue weighted by atomic mass is 35.5. The van der Waals surface area contributed by atoms with Gasteiger partial charge in [0, 0.05) is 12.2 Å². The Labute approximate surface area is 128 Å². The molecule has 0 atom stereocenters. The van der Waals surface area contributed by atoms with Gasteiger partial charge < -0.3 is 10.5 Å². The predicted molar refractivity (Wildman–Crippen MR) is 82.3 cm³/mol. The van der Waals surface area contributed by atoms with Gasteiger partial charge in [0.05, 0.1) is 22.0 Å². The van der Waals surface area contributed by atoms with Crippen LogP contribution in [0, 0.1) is 0 Å². The van der Waals surface area contributed by atoms with Gasteiger partial charge in [-0.1, -0.05) is 30.7 Å². The maximum atomic E-state index is 12.1. The summed E-state index contributed by atoms with van der Waals surface area (Å²) in [6, 6.07) is 6.80. The quantitative estimate of drug-likeness (QED) is 0.681. The van der Waals surface area contributed by atoms with E-state index in [0.29, 0.717) is 28.5 Å². The summed E-state index contributed by atoms with van der Waals surface area (Å²) in [7, 11) is 0. The van der Waals surface area contributed by atoms with Crippen LogP contribution in [0.4, 0.5) is 5.69 Å². The molecule has 0 aliphatic carbocycles. The monoisotopic (exact) mass is 307 g/mol. The van der Waals surface area contributed by atoms with E-state index < -0.39 is 5.97 Å². The van der Waals surface area contributed by atoms with Crippen LogP contribution in [0.25, 0.3) is 0 Å². The second-order valence-corrected chi connectivity index (χ2v) is 4.92. The lowest BCUT2D eigenvalue weighted by molar-refractivity contribution is 0.0464. The van der Waals surface area contributed by atoms with E-state index in [1.807, 2.05) is 13.8 Å². The van der Waals surface area contributed by atoms with Crippen molar-refractivity contribution in [2.24, 2.45) is 0 Å². The minimum Gasteiger partial charge on any atom is -0.455 e. The number of nitrogens with zero attached hydrogens (tertiary/aromatic N) is 2. The number of nitrogens with two attached hydrogens (primary N) is 1. The number of carbonyl (C=O) groups excluding carboxylic acids is 1. The normalized spacial score (nSPS) is 10.6. The zero-order valence-corrected chi connectivity index (χ0v) is 12.9. The molecule has 0 radical (unpaired) electrons. The van der Waals surface area contributed by atoms with Crippen molar-refractivity contribution in [2.75, 3.05) is 5.73 Å². The molecule has 2 N–H and O–H groups in total. The predicted octanol–water partition coefficient (Wildman–Crippen LogP) is 3.06. The van der Waals surface area contributed by atoms with Crippen LogP contribution in [-0.4, -0.2) is 15.7 Å². The molecule has 1 aromatic carbocycles. The van der Waals surface area contributed by atoms with Crippen molar-refractivity contribution in [3.05, 3.63) is 46.2 Å². The van der Waals surface area contributed by atoms with Crippen LogP contribution < -0.4 is 5.73 Å². The summed E-state index contributed by atoms with van der Waals surface area (Å²) in [5.41, 5.74) is 8.02. The molecule has 112 valence electrons. The molecular formula is C15H18ClN3O2. The fourth-order valence-electron chi connectivity index (χ4n) is 2.05. The highest BCUT2D eigenvalue weighted by Gasteiger charge is 2.17. The molecule has 2 aromatic rings. The van der Waals surface area contributed by atoms with Crippen LogP contribution in [0.3, 0.4) is 0 Å². The highest BCUT2D eigenvalue weighted by molar-refractivity contribution is 6.31. The van der Waals surface area contributed by atoms with Gasteiger partial charge in [-0.25, -0.2) is 4.79 Å². The van der Waals surface area contributed by atoms with Crippen LogP contribution in [0.1, 0.15) is 35.6 Å². The lowest BCUT2D eigenvalue weighted by Crippen LogP contribution is -2.11. The Bertz CT molecular complexity index is 652. The van der Waals surface area contributed by atoms with E-state index in [1.165, 1.54) is 0 Å². The number of benzene rings is 1. The zero-order valence-electron chi connectivity index (χ0n) is 12.1. The number of anilines is 1. The average molecular weight is 308 g/mol. The minimum absolute atomic E-state index is 0.0762. The van der Waals surface area contributed by atoms with Gasteiger partial charge >= 0.3 is 5.97 Å². The van der Waals surface area contributed by atoms with Gasteiger partial charge in [0.25, 0.3) is 0 Å². The number of para-hydroxylation sites is 1. The summed E-state index contributed by atoms with van der Waals surface area (Å²) in [5, 5.41) is 4.95. The molecule has 0 amide bonds. The molecule has 0 spiro atoms. The standard InChI is InChI=1S/C15H18ClN3O2/c1-3-12-14(16)13(19(4-2)18-12)9-21-15(20)10-7-5-6-8-11(10)17/h5-8H,3-4,9,17H2,1-2H3. The third-order valence-electron chi connectivity index (χ3n) is 3.21. The van der Waals surface area contributed by atoms with E-state index in [4.69, 9.17) is 22.1 Å². The molecule has 0 aliphatic heterocycles. The molecule has 21 heavy (non-hydrogen) atoms. The molecule has 0 fully saturated rings. The summed E-state index contributed by atoms with van der Waals surface area (Å²) in [6.45, 7) is 4.69. The average Bonchev–Trinajstić information content (AvgIpc) is 2.80. The highest BCUT2D eigenvalue weighted by Crippen LogP contribution is 2.23. The molecule has 0 aliphatic rings. The van der Waals surface area contributed by atoms with Gasteiger partial charge in [-0.3, -0.25) is 4.68 Å². The number of ether oxygens (including phenoxy) is 1. The van der Waals surface area contributed by atoms with Crippen molar-refractivity contribution in [2.45, 2.75) is 33.4 Å². The van der Waals surface area contributed by atoms with Crippen molar-refractivity contribution in [3.8, 4) is 0 Å². The maximum absolute atomic E-state index is 12.1. The molecule has 6 heteroatoms. The zero-order chi connectivity index (χ0) is 15.4. The Morgan fingerprint density at radius 2 is 2.10 bits per heavy atom. The first-order chi connectivity index (χ1) is 10.1. The Hall–Kier alpha value is -2.01. The van der Waals surface area contributed by atoms with E-state index in [1.54, 1.807) is 28.9 Å². The minimum atomic E-state index is -0.467. The fourth-order valence-corrected chi connectivity index (χ4v) is 2.37. The molecule has 0 saturated carbocycles. The number of halogens is 1. The molecule has 1 heterocycles. The summed E-state index contributed by atoms with van der Waals surface area (Å²) < 4.78 is 7.06. The lowest BCUT2D eigenvalue weighted by Gasteiger charge is -2.08.